The maximum Gasteiger partial charge on any atom is 0.295 e. The van der Waals surface area contributed by atoms with E-state index in [2.05, 4.69) is 9.97 Å². The molecule has 4 aromatic rings. The fraction of sp³-hybridized carbons (Fsp3) is 0.148. The van der Waals surface area contributed by atoms with Gasteiger partial charge in [-0.05, 0) is 41.8 Å². The van der Waals surface area contributed by atoms with Crippen LogP contribution in [-0.2, 0) is 16.0 Å². The molecule has 1 fully saturated rings. The Kier molecular flexibility index (Phi) is 5.59. The molecule has 1 aliphatic heterocycles. The second kappa shape index (κ2) is 8.86. The number of aliphatic hydroxyl groups excluding tert-OH is 1. The Bertz CT molecular complexity index is 1390. The molecule has 1 saturated heterocycles. The van der Waals surface area contributed by atoms with Gasteiger partial charge in [0.05, 0.1) is 18.7 Å². The number of rotatable bonds is 6. The number of carbonyl (C=O) groups excluding carboxylic acids is 2. The number of pyridine rings is 1. The number of aromatic amines is 1. The number of hydrogen-bond donors (Lipinski definition) is 2. The smallest absolute Gasteiger partial charge is 0.295 e. The van der Waals surface area contributed by atoms with Crippen LogP contribution < -0.4 is 4.74 Å². The van der Waals surface area contributed by atoms with Crippen molar-refractivity contribution in [2.24, 2.45) is 0 Å². The summed E-state index contributed by atoms with van der Waals surface area (Å²) in [4.78, 5) is 35.2. The van der Waals surface area contributed by atoms with E-state index < -0.39 is 17.7 Å². The molecule has 2 N–H and O–H groups in total. The van der Waals surface area contributed by atoms with Crippen LogP contribution in [0.3, 0.4) is 0 Å². The van der Waals surface area contributed by atoms with Crippen molar-refractivity contribution in [1.82, 2.24) is 14.9 Å². The lowest BCUT2D eigenvalue weighted by atomic mass is 9.96. The van der Waals surface area contributed by atoms with Gasteiger partial charge < -0.3 is 19.7 Å². The molecule has 0 bridgehead atoms. The predicted octanol–water partition coefficient (Wildman–Crippen LogP) is 4.24. The van der Waals surface area contributed by atoms with E-state index in [1.807, 2.05) is 36.5 Å². The van der Waals surface area contributed by atoms with Gasteiger partial charge >= 0.3 is 0 Å². The Balaban J connectivity index is 1.54. The lowest BCUT2D eigenvalue weighted by Crippen LogP contribution is -2.31. The normalized spacial score (nSPS) is 17.4. The molecule has 7 heteroatoms. The fourth-order valence-corrected chi connectivity index (χ4v) is 4.48. The lowest BCUT2D eigenvalue weighted by Gasteiger charge is -2.25. The summed E-state index contributed by atoms with van der Waals surface area (Å²) in [5.74, 6) is -0.779. The average Bonchev–Trinajstić information content (AvgIpc) is 3.40. The van der Waals surface area contributed by atoms with Crippen molar-refractivity contribution in [2.75, 3.05) is 13.7 Å². The van der Waals surface area contributed by atoms with Crippen molar-refractivity contribution in [1.29, 1.82) is 0 Å². The number of aromatic nitrogens is 2. The SMILES string of the molecule is COc1ccc2[nH]cc(CCN3C(=O)C(=O)/C(=C(\O)c4ccccc4)C3c3cccnc3)c2c1. The Morgan fingerprint density at radius 2 is 1.94 bits per heavy atom. The van der Waals surface area contributed by atoms with Crippen LogP contribution in [0.2, 0.25) is 0 Å². The zero-order valence-corrected chi connectivity index (χ0v) is 18.6. The molecule has 1 aliphatic rings. The molecule has 170 valence electrons. The fourth-order valence-electron chi connectivity index (χ4n) is 4.48. The van der Waals surface area contributed by atoms with E-state index >= 15 is 0 Å². The number of methoxy groups -OCH3 is 1. The minimum absolute atomic E-state index is 0.0739. The molecule has 0 radical (unpaired) electrons. The molecule has 3 heterocycles. The molecular formula is C27H23N3O4. The number of nitrogens with zero attached hydrogens (tertiary/aromatic N) is 2. The molecule has 1 amide bonds. The quantitative estimate of drug-likeness (QED) is 0.259. The van der Waals surface area contributed by atoms with E-state index in [0.717, 1.165) is 22.2 Å². The van der Waals surface area contributed by atoms with Gasteiger partial charge in [0, 0.05) is 41.6 Å². The Morgan fingerprint density at radius 3 is 2.68 bits per heavy atom. The minimum atomic E-state index is -0.728. The van der Waals surface area contributed by atoms with Crippen molar-refractivity contribution in [2.45, 2.75) is 12.5 Å². The number of amides is 1. The summed E-state index contributed by atoms with van der Waals surface area (Å²) in [5.41, 5.74) is 3.19. The summed E-state index contributed by atoms with van der Waals surface area (Å²) >= 11 is 0. The molecule has 1 atom stereocenters. The third-order valence-corrected chi connectivity index (χ3v) is 6.18. The van der Waals surface area contributed by atoms with Crippen LogP contribution in [-0.4, -0.2) is 45.3 Å². The van der Waals surface area contributed by atoms with Crippen LogP contribution in [0.5, 0.6) is 5.75 Å². The first-order chi connectivity index (χ1) is 16.6. The highest BCUT2D eigenvalue weighted by Crippen LogP contribution is 2.39. The van der Waals surface area contributed by atoms with Crippen LogP contribution >= 0.6 is 0 Å². The molecule has 2 aromatic heterocycles. The zero-order chi connectivity index (χ0) is 23.7. The summed E-state index contributed by atoms with van der Waals surface area (Å²) < 4.78 is 5.35. The molecule has 1 unspecified atom stereocenters. The van der Waals surface area contributed by atoms with Crippen LogP contribution in [0.1, 0.15) is 22.7 Å². The number of ether oxygens (including phenoxy) is 1. The third kappa shape index (κ3) is 3.71. The monoisotopic (exact) mass is 453 g/mol. The topological polar surface area (TPSA) is 95.5 Å². The number of H-pyrrole nitrogens is 1. The van der Waals surface area contributed by atoms with Gasteiger partial charge in [-0.3, -0.25) is 14.6 Å². The van der Waals surface area contributed by atoms with Crippen molar-refractivity contribution in [3.63, 3.8) is 0 Å². The number of ketones is 1. The first-order valence-corrected chi connectivity index (χ1v) is 11.0. The second-order valence-corrected chi connectivity index (χ2v) is 8.12. The summed E-state index contributed by atoms with van der Waals surface area (Å²) in [5, 5.41) is 12.0. The number of hydrogen-bond acceptors (Lipinski definition) is 5. The Hall–Kier alpha value is -4.39. The van der Waals surface area contributed by atoms with E-state index in [9.17, 15) is 14.7 Å². The first kappa shape index (κ1) is 21.5. The zero-order valence-electron chi connectivity index (χ0n) is 18.6. The molecule has 7 nitrogen and oxygen atoms in total. The molecule has 34 heavy (non-hydrogen) atoms. The molecule has 0 aliphatic carbocycles. The van der Waals surface area contributed by atoms with Gasteiger partial charge in [0.25, 0.3) is 11.7 Å². The largest absolute Gasteiger partial charge is 0.507 e. The summed E-state index contributed by atoms with van der Waals surface area (Å²) in [6.07, 6.45) is 5.68. The number of aliphatic hydroxyl groups is 1. The third-order valence-electron chi connectivity index (χ3n) is 6.18. The van der Waals surface area contributed by atoms with E-state index in [4.69, 9.17) is 4.74 Å². The Labute approximate surface area is 196 Å². The number of nitrogens with one attached hydrogen (secondary N) is 1. The number of benzene rings is 2. The van der Waals surface area contributed by atoms with Gasteiger partial charge in [-0.1, -0.05) is 36.4 Å². The van der Waals surface area contributed by atoms with Gasteiger partial charge in [0.1, 0.15) is 11.5 Å². The molecule has 0 saturated carbocycles. The second-order valence-electron chi connectivity index (χ2n) is 8.12. The minimum Gasteiger partial charge on any atom is -0.507 e. The van der Waals surface area contributed by atoms with Crippen molar-refractivity contribution < 1.29 is 19.4 Å². The van der Waals surface area contributed by atoms with E-state index in [0.29, 0.717) is 24.1 Å². The lowest BCUT2D eigenvalue weighted by molar-refractivity contribution is -0.139. The van der Waals surface area contributed by atoms with Crippen molar-refractivity contribution in [3.8, 4) is 5.75 Å². The van der Waals surface area contributed by atoms with Gasteiger partial charge in [0.2, 0.25) is 0 Å². The highest BCUT2D eigenvalue weighted by atomic mass is 16.5. The average molecular weight is 453 g/mol. The van der Waals surface area contributed by atoms with Crippen LogP contribution in [0.25, 0.3) is 16.7 Å². The van der Waals surface area contributed by atoms with Gasteiger partial charge in [-0.25, -0.2) is 0 Å². The maximum atomic E-state index is 13.1. The molecule has 5 rings (SSSR count). The highest BCUT2D eigenvalue weighted by Gasteiger charge is 2.46. The van der Waals surface area contributed by atoms with E-state index in [1.165, 1.54) is 4.90 Å². The van der Waals surface area contributed by atoms with Crippen LogP contribution in [0.15, 0.2) is 84.8 Å². The van der Waals surface area contributed by atoms with Crippen molar-refractivity contribution in [3.05, 3.63) is 102 Å². The Morgan fingerprint density at radius 1 is 1.12 bits per heavy atom. The first-order valence-electron chi connectivity index (χ1n) is 11.0. The standard InChI is InChI=1S/C27H23N3O4/c1-34-20-9-10-22-21(14-20)18(16-29-22)11-13-30-24(19-8-5-12-28-15-19)23(26(32)27(30)33)25(31)17-6-3-2-4-7-17/h2-10,12,14-16,24,29,31H,11,13H2,1H3/b25-23-. The molecular weight excluding hydrogens is 430 g/mol. The van der Waals surface area contributed by atoms with Crippen LogP contribution in [0, 0.1) is 0 Å². The van der Waals surface area contributed by atoms with Gasteiger partial charge in [0.15, 0.2) is 0 Å². The number of Topliss-reactive ketones (excluding diaryl/α,β-unsaturated/α-hetero) is 1. The van der Waals surface area contributed by atoms with Crippen molar-refractivity contribution >= 4 is 28.4 Å². The van der Waals surface area contributed by atoms with Gasteiger partial charge in [-0.2, -0.15) is 0 Å². The highest BCUT2D eigenvalue weighted by molar-refractivity contribution is 6.46. The summed E-state index contributed by atoms with van der Waals surface area (Å²) in [6, 6.07) is 17.4. The molecule has 2 aromatic carbocycles. The molecule has 0 spiro atoms. The number of likely N-dealkylation sites (tertiary alicyclic amines) is 1. The number of carbonyl (C=O) groups is 2. The number of fused-ring (bicyclic) bond motifs is 1. The van der Waals surface area contributed by atoms with Gasteiger partial charge in [-0.15, -0.1) is 0 Å². The van der Waals surface area contributed by atoms with Crippen LogP contribution in [0.4, 0.5) is 0 Å². The van der Waals surface area contributed by atoms with E-state index in [1.54, 1.807) is 49.8 Å². The summed E-state index contributed by atoms with van der Waals surface area (Å²) in [6.45, 7) is 0.292. The summed E-state index contributed by atoms with van der Waals surface area (Å²) in [7, 11) is 1.62. The maximum absolute atomic E-state index is 13.1. The van der Waals surface area contributed by atoms with E-state index in [-0.39, 0.29) is 11.3 Å². The predicted molar refractivity (Wildman–Crippen MR) is 128 cm³/mol.